The van der Waals surface area contributed by atoms with Gasteiger partial charge in [0.15, 0.2) is 0 Å². The van der Waals surface area contributed by atoms with E-state index in [0.29, 0.717) is 0 Å². The number of benzene rings is 1. The number of nitrogens with zero attached hydrogens (tertiary/aromatic N) is 3. The number of pyridine rings is 1. The Bertz CT molecular complexity index is 813. The summed E-state index contributed by atoms with van der Waals surface area (Å²) in [7, 11) is 0. The van der Waals surface area contributed by atoms with Crippen LogP contribution in [-0.4, -0.2) is 19.6 Å². The molecule has 0 aliphatic heterocycles. The Morgan fingerprint density at radius 1 is 1.14 bits per heavy atom. The highest BCUT2D eigenvalue weighted by Crippen LogP contribution is 2.35. The minimum atomic E-state index is -0.151. The standard InChI is InChI=1S/C17H19N3O/c1-11-5-6-15(21)12(9-11)16-19-13-10-18-8-7-14(13)20(16)17(2,3)4/h5-10,21H,1-4H3. The minimum absolute atomic E-state index is 0.151. The molecular formula is C17H19N3O. The molecule has 2 heterocycles. The molecule has 4 heteroatoms. The summed E-state index contributed by atoms with van der Waals surface area (Å²) in [6.45, 7) is 8.40. The Kier molecular flexibility index (Phi) is 2.97. The fourth-order valence-corrected chi connectivity index (χ4v) is 2.62. The molecule has 1 aromatic carbocycles. The van der Waals surface area contributed by atoms with Crippen molar-refractivity contribution in [3.63, 3.8) is 0 Å². The molecule has 2 aromatic heterocycles. The molecule has 0 aliphatic carbocycles. The lowest BCUT2D eigenvalue weighted by atomic mass is 10.1. The zero-order valence-corrected chi connectivity index (χ0v) is 12.8. The highest BCUT2D eigenvalue weighted by molar-refractivity contribution is 5.81. The highest BCUT2D eigenvalue weighted by atomic mass is 16.3. The molecule has 0 unspecified atom stereocenters. The maximum absolute atomic E-state index is 10.2. The van der Waals surface area contributed by atoms with Gasteiger partial charge in [0.1, 0.15) is 17.1 Å². The van der Waals surface area contributed by atoms with E-state index in [1.807, 2.05) is 25.1 Å². The first kappa shape index (κ1) is 13.6. The molecule has 4 nitrogen and oxygen atoms in total. The summed E-state index contributed by atoms with van der Waals surface area (Å²) in [5, 5.41) is 10.2. The van der Waals surface area contributed by atoms with Crippen molar-refractivity contribution >= 4 is 11.0 Å². The number of hydrogen-bond donors (Lipinski definition) is 1. The minimum Gasteiger partial charge on any atom is -0.507 e. The van der Waals surface area contributed by atoms with Crippen molar-refractivity contribution in [3.8, 4) is 17.1 Å². The molecule has 3 rings (SSSR count). The van der Waals surface area contributed by atoms with E-state index < -0.39 is 0 Å². The summed E-state index contributed by atoms with van der Waals surface area (Å²) in [5.41, 5.74) is 3.55. The molecule has 0 bridgehead atoms. The maximum Gasteiger partial charge on any atom is 0.145 e. The normalized spacial score (nSPS) is 12.0. The van der Waals surface area contributed by atoms with Crippen LogP contribution >= 0.6 is 0 Å². The predicted octanol–water partition coefficient (Wildman–Crippen LogP) is 3.87. The lowest BCUT2D eigenvalue weighted by Gasteiger charge is -2.25. The van der Waals surface area contributed by atoms with Crippen LogP contribution in [0.4, 0.5) is 0 Å². The van der Waals surface area contributed by atoms with Crippen molar-refractivity contribution in [2.24, 2.45) is 0 Å². The molecule has 0 spiro atoms. The van der Waals surface area contributed by atoms with Gasteiger partial charge >= 0.3 is 0 Å². The second kappa shape index (κ2) is 4.58. The Labute approximate surface area is 124 Å². The molecule has 0 atom stereocenters. The average molecular weight is 281 g/mol. The molecule has 21 heavy (non-hydrogen) atoms. The van der Waals surface area contributed by atoms with Crippen LogP contribution in [0.3, 0.4) is 0 Å². The van der Waals surface area contributed by atoms with Gasteiger partial charge < -0.3 is 9.67 Å². The molecule has 0 fully saturated rings. The van der Waals surface area contributed by atoms with Crippen molar-refractivity contribution in [1.29, 1.82) is 0 Å². The summed E-state index contributed by atoms with van der Waals surface area (Å²) < 4.78 is 2.15. The highest BCUT2D eigenvalue weighted by Gasteiger charge is 2.23. The van der Waals surface area contributed by atoms with Crippen LogP contribution in [0.2, 0.25) is 0 Å². The maximum atomic E-state index is 10.2. The SMILES string of the molecule is Cc1ccc(O)c(-c2nc3cnccc3n2C(C)(C)C)c1. The van der Waals surface area contributed by atoms with Crippen molar-refractivity contribution in [3.05, 3.63) is 42.2 Å². The van der Waals surface area contributed by atoms with Crippen LogP contribution < -0.4 is 0 Å². The molecule has 1 N–H and O–H groups in total. The topological polar surface area (TPSA) is 50.9 Å². The van der Waals surface area contributed by atoms with Gasteiger partial charge in [0.25, 0.3) is 0 Å². The Morgan fingerprint density at radius 2 is 1.90 bits per heavy atom. The average Bonchev–Trinajstić information content (AvgIpc) is 2.80. The van der Waals surface area contributed by atoms with E-state index in [1.54, 1.807) is 18.5 Å². The summed E-state index contributed by atoms with van der Waals surface area (Å²) in [5.74, 6) is 1.01. The molecular weight excluding hydrogens is 262 g/mol. The first-order valence-corrected chi connectivity index (χ1v) is 7.01. The lowest BCUT2D eigenvalue weighted by molar-refractivity contribution is 0.411. The molecule has 0 saturated carbocycles. The van der Waals surface area contributed by atoms with Gasteiger partial charge in [-0.25, -0.2) is 4.98 Å². The van der Waals surface area contributed by atoms with E-state index >= 15 is 0 Å². The fraction of sp³-hybridized carbons (Fsp3) is 0.294. The second-order valence-corrected chi connectivity index (χ2v) is 6.33. The molecule has 0 amide bonds. The summed E-state index contributed by atoms with van der Waals surface area (Å²) in [4.78, 5) is 8.84. The summed E-state index contributed by atoms with van der Waals surface area (Å²) in [6.07, 6.45) is 3.53. The Hall–Kier alpha value is -2.36. The van der Waals surface area contributed by atoms with Crippen molar-refractivity contribution in [2.45, 2.75) is 33.2 Å². The van der Waals surface area contributed by atoms with E-state index in [1.165, 1.54) is 0 Å². The van der Waals surface area contributed by atoms with Crippen molar-refractivity contribution < 1.29 is 5.11 Å². The quantitative estimate of drug-likeness (QED) is 0.736. The number of fused-ring (bicyclic) bond motifs is 1. The zero-order chi connectivity index (χ0) is 15.2. The lowest BCUT2D eigenvalue weighted by Crippen LogP contribution is -2.22. The van der Waals surface area contributed by atoms with Crippen LogP contribution in [0.1, 0.15) is 26.3 Å². The van der Waals surface area contributed by atoms with Crippen molar-refractivity contribution in [2.75, 3.05) is 0 Å². The van der Waals surface area contributed by atoms with Gasteiger partial charge in [0, 0.05) is 11.7 Å². The van der Waals surface area contributed by atoms with Gasteiger partial charge in [-0.05, 0) is 45.9 Å². The fourth-order valence-electron chi connectivity index (χ4n) is 2.62. The number of hydrogen-bond acceptors (Lipinski definition) is 3. The number of phenols is 1. The van der Waals surface area contributed by atoms with Gasteiger partial charge in [-0.3, -0.25) is 4.98 Å². The monoisotopic (exact) mass is 281 g/mol. The van der Waals surface area contributed by atoms with Gasteiger partial charge in [0.2, 0.25) is 0 Å². The van der Waals surface area contributed by atoms with Crippen molar-refractivity contribution in [1.82, 2.24) is 14.5 Å². The first-order valence-electron chi connectivity index (χ1n) is 7.01. The third-order valence-corrected chi connectivity index (χ3v) is 3.52. The van der Waals surface area contributed by atoms with Gasteiger partial charge in [-0.1, -0.05) is 11.6 Å². The zero-order valence-electron chi connectivity index (χ0n) is 12.8. The predicted molar refractivity (Wildman–Crippen MR) is 84.4 cm³/mol. The molecule has 108 valence electrons. The molecule has 0 aliphatic rings. The Balaban J connectivity index is 2.39. The van der Waals surface area contributed by atoms with Crippen LogP contribution in [0, 0.1) is 6.92 Å². The number of aromatic nitrogens is 3. The van der Waals surface area contributed by atoms with Crippen LogP contribution in [0.15, 0.2) is 36.7 Å². The molecule has 0 saturated heterocycles. The smallest absolute Gasteiger partial charge is 0.145 e. The molecule has 0 radical (unpaired) electrons. The number of aryl methyl sites for hydroxylation is 1. The van der Waals surface area contributed by atoms with E-state index in [2.05, 4.69) is 30.3 Å². The van der Waals surface area contributed by atoms with Gasteiger partial charge in [0.05, 0.1) is 17.3 Å². The summed E-state index contributed by atoms with van der Waals surface area (Å²) >= 11 is 0. The number of imidazole rings is 1. The van der Waals surface area contributed by atoms with Crippen LogP contribution in [0.5, 0.6) is 5.75 Å². The van der Waals surface area contributed by atoms with E-state index in [4.69, 9.17) is 4.98 Å². The third-order valence-electron chi connectivity index (χ3n) is 3.52. The van der Waals surface area contributed by atoms with Gasteiger partial charge in [-0.15, -0.1) is 0 Å². The third kappa shape index (κ3) is 2.27. The van der Waals surface area contributed by atoms with E-state index in [0.717, 1.165) is 28.0 Å². The first-order chi connectivity index (χ1) is 9.88. The number of rotatable bonds is 1. The van der Waals surface area contributed by atoms with E-state index in [-0.39, 0.29) is 11.3 Å². The number of aromatic hydroxyl groups is 1. The number of phenolic OH excluding ortho intramolecular Hbond substituents is 1. The Morgan fingerprint density at radius 3 is 2.62 bits per heavy atom. The van der Waals surface area contributed by atoms with Crippen LogP contribution in [-0.2, 0) is 5.54 Å². The largest absolute Gasteiger partial charge is 0.507 e. The molecule has 3 aromatic rings. The van der Waals surface area contributed by atoms with Gasteiger partial charge in [-0.2, -0.15) is 0 Å². The second-order valence-electron chi connectivity index (χ2n) is 6.33. The van der Waals surface area contributed by atoms with E-state index in [9.17, 15) is 5.11 Å². The van der Waals surface area contributed by atoms with Crippen LogP contribution in [0.25, 0.3) is 22.4 Å². The summed E-state index contributed by atoms with van der Waals surface area (Å²) in [6, 6.07) is 7.54.